The van der Waals surface area contributed by atoms with Crippen LogP contribution in [0.15, 0.2) is 18.2 Å². The van der Waals surface area contributed by atoms with Gasteiger partial charge in [0, 0.05) is 31.7 Å². The molecule has 0 radical (unpaired) electrons. The zero-order chi connectivity index (χ0) is 14.5. The van der Waals surface area contributed by atoms with Crippen molar-refractivity contribution in [2.24, 2.45) is 0 Å². The summed E-state index contributed by atoms with van der Waals surface area (Å²) in [5.41, 5.74) is -0.0167. The van der Waals surface area contributed by atoms with E-state index in [9.17, 15) is 18.4 Å². The third-order valence-corrected chi connectivity index (χ3v) is 3.05. The lowest BCUT2D eigenvalue weighted by molar-refractivity contribution is -0.130. The largest absolute Gasteiger partial charge is 0.343 e. The van der Waals surface area contributed by atoms with Crippen LogP contribution in [0, 0.1) is 11.6 Å². The van der Waals surface area contributed by atoms with E-state index >= 15 is 0 Å². The maximum atomic E-state index is 13.0. The molecule has 2 amide bonds. The van der Waals surface area contributed by atoms with Gasteiger partial charge in [-0.15, -0.1) is 12.4 Å². The molecule has 21 heavy (non-hydrogen) atoms. The number of hydrogen-bond acceptors (Lipinski definition) is 3. The highest BCUT2D eigenvalue weighted by atomic mass is 35.5. The van der Waals surface area contributed by atoms with Crippen molar-refractivity contribution in [1.82, 2.24) is 15.5 Å². The van der Waals surface area contributed by atoms with Gasteiger partial charge < -0.3 is 15.5 Å². The molecule has 1 aliphatic rings. The van der Waals surface area contributed by atoms with Gasteiger partial charge in [-0.1, -0.05) is 0 Å². The van der Waals surface area contributed by atoms with E-state index in [0.717, 1.165) is 25.2 Å². The Kier molecular flexibility index (Phi) is 6.51. The fraction of sp³-hybridized carbons (Fsp3) is 0.385. The Hall–Kier alpha value is -1.73. The summed E-state index contributed by atoms with van der Waals surface area (Å²) in [6, 6.07) is 2.85. The van der Waals surface area contributed by atoms with Crippen molar-refractivity contribution >= 4 is 24.2 Å². The summed E-state index contributed by atoms with van der Waals surface area (Å²) in [4.78, 5) is 25.2. The number of carbonyl (C=O) groups excluding carboxylic acids is 2. The lowest BCUT2D eigenvalue weighted by Gasteiger charge is -2.27. The first-order chi connectivity index (χ1) is 9.58. The normalized spacial score (nSPS) is 14.3. The third kappa shape index (κ3) is 4.64. The maximum absolute atomic E-state index is 13.0. The summed E-state index contributed by atoms with van der Waals surface area (Å²) in [7, 11) is 0. The SMILES string of the molecule is Cl.O=C(NCC(=O)N1CCNCC1)c1ccc(F)c(F)c1. The summed E-state index contributed by atoms with van der Waals surface area (Å²) < 4.78 is 25.7. The van der Waals surface area contributed by atoms with Crippen molar-refractivity contribution in [1.29, 1.82) is 0 Å². The lowest BCUT2D eigenvalue weighted by Crippen LogP contribution is -2.49. The molecule has 1 aliphatic heterocycles. The van der Waals surface area contributed by atoms with Gasteiger partial charge in [0.2, 0.25) is 5.91 Å². The van der Waals surface area contributed by atoms with Crippen molar-refractivity contribution in [3.8, 4) is 0 Å². The van der Waals surface area contributed by atoms with E-state index in [1.165, 1.54) is 6.07 Å². The maximum Gasteiger partial charge on any atom is 0.251 e. The average molecular weight is 320 g/mol. The summed E-state index contributed by atoms with van der Waals surface area (Å²) >= 11 is 0. The van der Waals surface area contributed by atoms with Crippen LogP contribution in [0.5, 0.6) is 0 Å². The van der Waals surface area contributed by atoms with Gasteiger partial charge in [-0.2, -0.15) is 0 Å². The molecule has 1 aromatic carbocycles. The van der Waals surface area contributed by atoms with Crippen molar-refractivity contribution < 1.29 is 18.4 Å². The Morgan fingerprint density at radius 1 is 1.19 bits per heavy atom. The smallest absolute Gasteiger partial charge is 0.251 e. The molecule has 0 saturated carbocycles. The predicted octanol–water partition coefficient (Wildman–Crippen LogP) is 0.548. The van der Waals surface area contributed by atoms with Crippen molar-refractivity contribution in [3.05, 3.63) is 35.4 Å². The predicted molar refractivity (Wildman–Crippen MR) is 75.4 cm³/mol. The minimum atomic E-state index is -1.09. The second kappa shape index (κ2) is 7.90. The lowest BCUT2D eigenvalue weighted by atomic mass is 10.2. The number of nitrogens with zero attached hydrogens (tertiary/aromatic N) is 1. The van der Waals surface area contributed by atoms with E-state index in [4.69, 9.17) is 0 Å². The Bertz CT molecular complexity index is 522. The molecule has 116 valence electrons. The van der Waals surface area contributed by atoms with Crippen molar-refractivity contribution in [2.75, 3.05) is 32.7 Å². The number of benzene rings is 1. The Morgan fingerprint density at radius 2 is 1.86 bits per heavy atom. The Labute approximate surface area is 127 Å². The van der Waals surface area contributed by atoms with E-state index in [-0.39, 0.29) is 30.4 Å². The molecule has 0 aliphatic carbocycles. The van der Waals surface area contributed by atoms with Crippen LogP contribution >= 0.6 is 12.4 Å². The van der Waals surface area contributed by atoms with E-state index in [2.05, 4.69) is 10.6 Å². The van der Waals surface area contributed by atoms with Gasteiger partial charge in [-0.3, -0.25) is 9.59 Å². The highest BCUT2D eigenvalue weighted by molar-refractivity contribution is 5.96. The molecule has 1 saturated heterocycles. The zero-order valence-corrected chi connectivity index (χ0v) is 12.0. The standard InChI is InChI=1S/C13H15F2N3O2.ClH/c14-10-2-1-9(7-11(10)15)13(20)17-8-12(19)18-5-3-16-4-6-18;/h1-2,7,16H,3-6,8H2,(H,17,20);1H. The minimum absolute atomic E-state index is 0. The second-order valence-corrected chi connectivity index (χ2v) is 4.44. The van der Waals surface area contributed by atoms with E-state index in [1.807, 2.05) is 0 Å². The third-order valence-electron chi connectivity index (χ3n) is 3.05. The van der Waals surface area contributed by atoms with Crippen LogP contribution in [-0.4, -0.2) is 49.4 Å². The van der Waals surface area contributed by atoms with Crippen molar-refractivity contribution in [2.45, 2.75) is 0 Å². The van der Waals surface area contributed by atoms with Crippen LogP contribution in [0.3, 0.4) is 0 Å². The molecule has 0 atom stereocenters. The monoisotopic (exact) mass is 319 g/mol. The second-order valence-electron chi connectivity index (χ2n) is 4.44. The van der Waals surface area contributed by atoms with Gasteiger partial charge >= 0.3 is 0 Å². The highest BCUT2D eigenvalue weighted by Crippen LogP contribution is 2.08. The average Bonchev–Trinajstić information content (AvgIpc) is 2.48. The highest BCUT2D eigenvalue weighted by Gasteiger charge is 2.17. The summed E-state index contributed by atoms with van der Waals surface area (Å²) in [6.07, 6.45) is 0. The first kappa shape index (κ1) is 17.3. The van der Waals surface area contributed by atoms with Crippen LogP contribution in [0.25, 0.3) is 0 Å². The molecule has 1 aromatic rings. The fourth-order valence-corrected chi connectivity index (χ4v) is 1.92. The van der Waals surface area contributed by atoms with Gasteiger partial charge in [-0.25, -0.2) is 8.78 Å². The number of hydrogen-bond donors (Lipinski definition) is 2. The molecule has 0 aromatic heterocycles. The summed E-state index contributed by atoms with van der Waals surface area (Å²) in [6.45, 7) is 2.49. The number of halogens is 3. The van der Waals surface area contributed by atoms with Gasteiger partial charge in [-0.05, 0) is 18.2 Å². The molecular formula is C13H16ClF2N3O2. The van der Waals surface area contributed by atoms with E-state index < -0.39 is 17.5 Å². The zero-order valence-electron chi connectivity index (χ0n) is 11.2. The molecule has 8 heteroatoms. The first-order valence-electron chi connectivity index (χ1n) is 6.29. The van der Waals surface area contributed by atoms with Crippen LogP contribution in [0.1, 0.15) is 10.4 Å². The molecule has 0 bridgehead atoms. The van der Waals surface area contributed by atoms with E-state index in [0.29, 0.717) is 13.1 Å². The number of nitrogens with one attached hydrogen (secondary N) is 2. The van der Waals surface area contributed by atoms with Gasteiger partial charge in [0.05, 0.1) is 6.54 Å². The summed E-state index contributed by atoms with van der Waals surface area (Å²) in [5, 5.41) is 5.52. The number of amides is 2. The molecule has 2 rings (SSSR count). The quantitative estimate of drug-likeness (QED) is 0.855. The van der Waals surface area contributed by atoms with Crippen LogP contribution in [0.4, 0.5) is 8.78 Å². The molecule has 2 N–H and O–H groups in total. The fourth-order valence-electron chi connectivity index (χ4n) is 1.92. The first-order valence-corrected chi connectivity index (χ1v) is 6.29. The Morgan fingerprint density at radius 3 is 2.48 bits per heavy atom. The topological polar surface area (TPSA) is 61.4 Å². The molecular weight excluding hydrogens is 304 g/mol. The van der Waals surface area contributed by atoms with Gasteiger partial charge in [0.1, 0.15) is 0 Å². The molecule has 5 nitrogen and oxygen atoms in total. The number of rotatable bonds is 3. The van der Waals surface area contributed by atoms with Crippen molar-refractivity contribution in [3.63, 3.8) is 0 Å². The molecule has 0 unspecified atom stereocenters. The molecule has 1 heterocycles. The van der Waals surface area contributed by atoms with E-state index in [1.54, 1.807) is 4.90 Å². The minimum Gasteiger partial charge on any atom is -0.343 e. The van der Waals surface area contributed by atoms with Gasteiger partial charge in [0.25, 0.3) is 5.91 Å². The Balaban J connectivity index is 0.00000220. The molecule has 1 fully saturated rings. The summed E-state index contributed by atoms with van der Waals surface area (Å²) in [5.74, 6) is -2.90. The molecule has 0 spiro atoms. The number of carbonyl (C=O) groups is 2. The van der Waals surface area contributed by atoms with Crippen LogP contribution < -0.4 is 10.6 Å². The number of piperazine rings is 1. The van der Waals surface area contributed by atoms with Crippen LogP contribution in [-0.2, 0) is 4.79 Å². The van der Waals surface area contributed by atoms with Gasteiger partial charge in [0.15, 0.2) is 11.6 Å². The van der Waals surface area contributed by atoms with Crippen LogP contribution in [0.2, 0.25) is 0 Å².